The van der Waals surface area contributed by atoms with E-state index in [4.69, 9.17) is 4.74 Å². The standard InChI is InChI=1S/C19H30N2O3/c1-15(22)13-21(2)18(23)20-14-19(11-5-4-6-12-19)16-7-9-17(24-3)10-8-16/h7-10,15,22H,4-6,11-14H2,1-3H3,(H,20,23). The van der Waals surface area contributed by atoms with Crippen molar-refractivity contribution in [3.05, 3.63) is 29.8 Å². The van der Waals surface area contributed by atoms with Gasteiger partial charge in [-0.15, -0.1) is 0 Å². The van der Waals surface area contributed by atoms with Crippen molar-refractivity contribution in [2.75, 3.05) is 27.2 Å². The van der Waals surface area contributed by atoms with Crippen LogP contribution < -0.4 is 10.1 Å². The van der Waals surface area contributed by atoms with E-state index in [1.165, 1.54) is 29.7 Å². The Morgan fingerprint density at radius 2 is 1.92 bits per heavy atom. The van der Waals surface area contributed by atoms with Gasteiger partial charge in [-0.25, -0.2) is 4.79 Å². The van der Waals surface area contributed by atoms with Gasteiger partial charge >= 0.3 is 6.03 Å². The molecule has 0 aliphatic heterocycles. The van der Waals surface area contributed by atoms with E-state index in [0.29, 0.717) is 13.1 Å². The summed E-state index contributed by atoms with van der Waals surface area (Å²) in [6.45, 7) is 2.65. The monoisotopic (exact) mass is 334 g/mol. The molecule has 0 saturated heterocycles. The number of urea groups is 1. The van der Waals surface area contributed by atoms with E-state index in [-0.39, 0.29) is 11.4 Å². The number of carbonyl (C=O) groups is 1. The van der Waals surface area contributed by atoms with Crippen LogP contribution in [0.2, 0.25) is 0 Å². The number of methoxy groups -OCH3 is 1. The summed E-state index contributed by atoms with van der Waals surface area (Å²) in [5, 5.41) is 12.5. The molecule has 1 saturated carbocycles. The second-order valence-electron chi connectivity index (χ2n) is 6.96. The highest BCUT2D eigenvalue weighted by atomic mass is 16.5. The molecule has 1 aromatic rings. The summed E-state index contributed by atoms with van der Waals surface area (Å²) in [6, 6.07) is 8.10. The number of carbonyl (C=O) groups excluding carboxylic acids is 1. The topological polar surface area (TPSA) is 61.8 Å². The summed E-state index contributed by atoms with van der Waals surface area (Å²) in [5.74, 6) is 0.852. The quantitative estimate of drug-likeness (QED) is 0.841. The maximum atomic E-state index is 12.3. The number of rotatable bonds is 6. The molecular formula is C19H30N2O3. The largest absolute Gasteiger partial charge is 0.497 e. The lowest BCUT2D eigenvalue weighted by atomic mass is 9.69. The summed E-state index contributed by atoms with van der Waals surface area (Å²) < 4.78 is 5.26. The fraction of sp³-hybridized carbons (Fsp3) is 0.632. The van der Waals surface area contributed by atoms with Gasteiger partial charge in [0.15, 0.2) is 0 Å². The lowest BCUT2D eigenvalue weighted by Gasteiger charge is -2.38. The number of hydrogen-bond donors (Lipinski definition) is 2. The van der Waals surface area contributed by atoms with Gasteiger partial charge in [0.25, 0.3) is 0 Å². The molecular weight excluding hydrogens is 304 g/mol. The molecule has 0 heterocycles. The Labute approximate surface area is 145 Å². The molecule has 1 aromatic carbocycles. The Kier molecular flexibility index (Phi) is 6.49. The van der Waals surface area contributed by atoms with E-state index >= 15 is 0 Å². The van der Waals surface area contributed by atoms with Crippen molar-refractivity contribution in [3.63, 3.8) is 0 Å². The average Bonchev–Trinajstić information content (AvgIpc) is 2.60. The number of aliphatic hydroxyl groups excluding tert-OH is 1. The van der Waals surface area contributed by atoms with E-state index in [2.05, 4.69) is 17.4 Å². The molecule has 1 aliphatic carbocycles. The summed E-state index contributed by atoms with van der Waals surface area (Å²) >= 11 is 0. The summed E-state index contributed by atoms with van der Waals surface area (Å²) in [4.78, 5) is 13.8. The highest BCUT2D eigenvalue weighted by Gasteiger charge is 2.34. The van der Waals surface area contributed by atoms with Gasteiger partial charge < -0.3 is 20.1 Å². The summed E-state index contributed by atoms with van der Waals surface area (Å²) in [6.07, 6.45) is 5.27. The predicted octanol–water partition coefficient (Wildman–Crippen LogP) is 2.92. The van der Waals surface area contributed by atoms with Gasteiger partial charge in [0.05, 0.1) is 13.2 Å². The van der Waals surface area contributed by atoms with Crippen LogP contribution in [0.1, 0.15) is 44.6 Å². The smallest absolute Gasteiger partial charge is 0.317 e. The molecule has 134 valence electrons. The van der Waals surface area contributed by atoms with Crippen LogP contribution in [0.25, 0.3) is 0 Å². The van der Waals surface area contributed by atoms with E-state index in [1.54, 1.807) is 21.1 Å². The number of ether oxygens (including phenoxy) is 1. The zero-order valence-corrected chi connectivity index (χ0v) is 15.0. The highest BCUT2D eigenvalue weighted by Crippen LogP contribution is 2.39. The summed E-state index contributed by atoms with van der Waals surface area (Å²) in [7, 11) is 3.38. The zero-order chi connectivity index (χ0) is 17.6. The molecule has 0 bridgehead atoms. The molecule has 1 unspecified atom stereocenters. The van der Waals surface area contributed by atoms with Crippen LogP contribution in [0, 0.1) is 0 Å². The van der Waals surface area contributed by atoms with E-state index in [0.717, 1.165) is 18.6 Å². The van der Waals surface area contributed by atoms with Crippen LogP contribution in [-0.2, 0) is 5.41 Å². The van der Waals surface area contributed by atoms with Crippen molar-refractivity contribution in [2.45, 2.75) is 50.5 Å². The average molecular weight is 334 g/mol. The van der Waals surface area contributed by atoms with Crippen molar-refractivity contribution in [1.82, 2.24) is 10.2 Å². The summed E-state index contributed by atoms with van der Waals surface area (Å²) in [5.41, 5.74) is 1.26. The molecule has 0 spiro atoms. The molecule has 0 radical (unpaired) electrons. The minimum atomic E-state index is -0.522. The van der Waals surface area contributed by atoms with Crippen LogP contribution in [0.15, 0.2) is 24.3 Å². The van der Waals surface area contributed by atoms with Crippen molar-refractivity contribution < 1.29 is 14.6 Å². The molecule has 5 nitrogen and oxygen atoms in total. The number of benzene rings is 1. The second kappa shape index (κ2) is 8.38. The maximum Gasteiger partial charge on any atom is 0.317 e. The van der Waals surface area contributed by atoms with Gasteiger partial charge in [-0.2, -0.15) is 0 Å². The van der Waals surface area contributed by atoms with Gasteiger partial charge in [-0.3, -0.25) is 0 Å². The molecule has 0 aromatic heterocycles. The number of hydrogen-bond acceptors (Lipinski definition) is 3. The molecule has 2 amide bonds. The second-order valence-corrected chi connectivity index (χ2v) is 6.96. The fourth-order valence-electron chi connectivity index (χ4n) is 3.60. The van der Waals surface area contributed by atoms with E-state index in [9.17, 15) is 9.90 Å². The molecule has 2 N–H and O–H groups in total. The van der Waals surface area contributed by atoms with Crippen molar-refractivity contribution in [2.24, 2.45) is 0 Å². The molecule has 5 heteroatoms. The van der Waals surface area contributed by atoms with Gasteiger partial charge in [0.2, 0.25) is 0 Å². The number of likely N-dealkylation sites (N-methyl/N-ethyl adjacent to an activating group) is 1. The lowest BCUT2D eigenvalue weighted by molar-refractivity contribution is 0.142. The first kappa shape index (κ1) is 18.6. The zero-order valence-electron chi connectivity index (χ0n) is 15.0. The Morgan fingerprint density at radius 3 is 2.46 bits per heavy atom. The SMILES string of the molecule is COc1ccc(C2(CNC(=O)N(C)CC(C)O)CCCCC2)cc1. The Hall–Kier alpha value is -1.75. The first-order valence-corrected chi connectivity index (χ1v) is 8.78. The van der Waals surface area contributed by atoms with Crippen LogP contribution in [0.4, 0.5) is 4.79 Å². The number of nitrogens with zero attached hydrogens (tertiary/aromatic N) is 1. The Bertz CT molecular complexity index is 522. The van der Waals surface area contributed by atoms with Gasteiger partial charge in [0.1, 0.15) is 5.75 Å². The Balaban J connectivity index is 2.08. The van der Waals surface area contributed by atoms with Crippen LogP contribution >= 0.6 is 0 Å². The molecule has 2 rings (SSSR count). The first-order chi connectivity index (χ1) is 11.5. The normalized spacial score (nSPS) is 17.8. The molecule has 1 fully saturated rings. The van der Waals surface area contributed by atoms with Gasteiger partial charge in [-0.05, 0) is 37.5 Å². The minimum absolute atomic E-state index is 0.00808. The molecule has 1 aliphatic rings. The number of amides is 2. The molecule has 1 atom stereocenters. The van der Waals surface area contributed by atoms with E-state index in [1.807, 2.05) is 12.1 Å². The number of aliphatic hydroxyl groups is 1. The van der Waals surface area contributed by atoms with Gasteiger partial charge in [-0.1, -0.05) is 31.4 Å². The van der Waals surface area contributed by atoms with E-state index < -0.39 is 6.10 Å². The van der Waals surface area contributed by atoms with Crippen LogP contribution in [0.3, 0.4) is 0 Å². The predicted molar refractivity (Wildman–Crippen MR) is 95.5 cm³/mol. The molecule has 24 heavy (non-hydrogen) atoms. The minimum Gasteiger partial charge on any atom is -0.497 e. The third kappa shape index (κ3) is 4.63. The van der Waals surface area contributed by atoms with Crippen molar-refractivity contribution >= 4 is 6.03 Å². The third-order valence-electron chi connectivity index (χ3n) is 4.98. The first-order valence-electron chi connectivity index (χ1n) is 8.78. The van der Waals surface area contributed by atoms with Crippen molar-refractivity contribution in [1.29, 1.82) is 0 Å². The van der Waals surface area contributed by atoms with Crippen LogP contribution in [-0.4, -0.2) is 49.4 Å². The Morgan fingerprint density at radius 1 is 1.29 bits per heavy atom. The maximum absolute atomic E-state index is 12.3. The van der Waals surface area contributed by atoms with Crippen molar-refractivity contribution in [3.8, 4) is 5.75 Å². The van der Waals surface area contributed by atoms with Crippen LogP contribution in [0.5, 0.6) is 5.75 Å². The van der Waals surface area contributed by atoms with Gasteiger partial charge in [0, 0.05) is 25.6 Å². The fourth-order valence-corrected chi connectivity index (χ4v) is 3.60. The highest BCUT2D eigenvalue weighted by molar-refractivity contribution is 5.74. The third-order valence-corrected chi connectivity index (χ3v) is 4.98. The lowest BCUT2D eigenvalue weighted by Crippen LogP contribution is -2.47. The number of nitrogens with one attached hydrogen (secondary N) is 1.